The Hall–Kier alpha value is -0.170. The molecule has 76 valence electrons. The summed E-state index contributed by atoms with van der Waals surface area (Å²) in [5.74, 6) is 0.756. The number of alkyl halides is 1. The molecule has 0 spiro atoms. The van der Waals surface area contributed by atoms with E-state index in [9.17, 15) is 0 Å². The van der Waals surface area contributed by atoms with Crippen molar-refractivity contribution < 1.29 is 0 Å². The third-order valence-corrected chi connectivity index (χ3v) is 2.97. The summed E-state index contributed by atoms with van der Waals surface area (Å²) in [6.07, 6.45) is 2.67. The molecule has 3 heteroatoms. The highest BCUT2D eigenvalue weighted by atomic mass is 35.5. The van der Waals surface area contributed by atoms with Crippen molar-refractivity contribution in [2.75, 3.05) is 5.88 Å². The van der Waals surface area contributed by atoms with Gasteiger partial charge in [0.2, 0.25) is 0 Å². The van der Waals surface area contributed by atoms with Gasteiger partial charge in [0.15, 0.2) is 0 Å². The van der Waals surface area contributed by atoms with E-state index in [0.29, 0.717) is 15.9 Å². The lowest BCUT2D eigenvalue weighted by atomic mass is 9.98. The Morgan fingerprint density at radius 1 is 1.36 bits per heavy atom. The van der Waals surface area contributed by atoms with Crippen LogP contribution < -0.4 is 0 Å². The van der Waals surface area contributed by atoms with Gasteiger partial charge in [0.05, 0.1) is 0 Å². The standard InChI is InChI=1S/C11H11Cl3/c1-2-3-8(7-12)10-5-4-9(13)6-11(10)14/h2,4-6,8H,1,3,7H2. The van der Waals surface area contributed by atoms with Crippen LogP contribution in [-0.2, 0) is 0 Å². The summed E-state index contributed by atoms with van der Waals surface area (Å²) in [5.41, 5.74) is 1.03. The highest BCUT2D eigenvalue weighted by Gasteiger charge is 2.12. The quantitative estimate of drug-likeness (QED) is 0.526. The van der Waals surface area contributed by atoms with Gasteiger partial charge in [0.25, 0.3) is 0 Å². The van der Waals surface area contributed by atoms with Gasteiger partial charge >= 0.3 is 0 Å². The van der Waals surface area contributed by atoms with Crippen molar-refractivity contribution in [1.82, 2.24) is 0 Å². The van der Waals surface area contributed by atoms with Crippen molar-refractivity contribution in [1.29, 1.82) is 0 Å². The smallest absolute Gasteiger partial charge is 0.0456 e. The monoisotopic (exact) mass is 248 g/mol. The number of hydrogen-bond donors (Lipinski definition) is 0. The molecule has 0 amide bonds. The third kappa shape index (κ3) is 2.91. The topological polar surface area (TPSA) is 0 Å². The van der Waals surface area contributed by atoms with Crippen LogP contribution in [0.2, 0.25) is 10.0 Å². The van der Waals surface area contributed by atoms with Crippen LogP contribution in [0.25, 0.3) is 0 Å². The van der Waals surface area contributed by atoms with E-state index in [1.807, 2.05) is 18.2 Å². The predicted octanol–water partition coefficient (Wildman–Crippen LogP) is 4.89. The molecule has 0 fully saturated rings. The molecule has 0 radical (unpaired) electrons. The van der Waals surface area contributed by atoms with Crippen molar-refractivity contribution in [3.8, 4) is 0 Å². The molecule has 14 heavy (non-hydrogen) atoms. The molecule has 1 aromatic carbocycles. The first kappa shape index (κ1) is 11.9. The van der Waals surface area contributed by atoms with Gasteiger partial charge in [-0.2, -0.15) is 0 Å². The number of hydrogen-bond acceptors (Lipinski definition) is 0. The molecule has 0 saturated heterocycles. The Labute approximate surface area is 99.5 Å². The van der Waals surface area contributed by atoms with Gasteiger partial charge < -0.3 is 0 Å². The summed E-state index contributed by atoms with van der Waals surface area (Å²) in [5, 5.41) is 1.32. The molecule has 0 aliphatic heterocycles. The molecule has 1 aromatic rings. The first-order valence-electron chi connectivity index (χ1n) is 4.30. The fourth-order valence-corrected chi connectivity index (χ4v) is 2.16. The van der Waals surface area contributed by atoms with Gasteiger partial charge in [-0.05, 0) is 24.1 Å². The third-order valence-electron chi connectivity index (χ3n) is 2.04. The van der Waals surface area contributed by atoms with E-state index >= 15 is 0 Å². The molecule has 1 unspecified atom stereocenters. The van der Waals surface area contributed by atoms with Crippen molar-refractivity contribution in [2.45, 2.75) is 12.3 Å². The Morgan fingerprint density at radius 2 is 2.07 bits per heavy atom. The summed E-state index contributed by atoms with van der Waals surface area (Å²) >= 11 is 17.7. The molecule has 0 saturated carbocycles. The van der Waals surface area contributed by atoms with E-state index in [1.54, 1.807) is 6.07 Å². The van der Waals surface area contributed by atoms with E-state index in [1.165, 1.54) is 0 Å². The van der Waals surface area contributed by atoms with E-state index in [2.05, 4.69) is 6.58 Å². The zero-order valence-corrected chi connectivity index (χ0v) is 9.91. The number of rotatable bonds is 4. The zero-order valence-electron chi connectivity index (χ0n) is 7.64. The second-order valence-corrected chi connectivity index (χ2v) is 4.19. The molecule has 0 heterocycles. The molecule has 0 bridgehead atoms. The van der Waals surface area contributed by atoms with Crippen LogP contribution in [0, 0.1) is 0 Å². The number of benzene rings is 1. The van der Waals surface area contributed by atoms with Crippen LogP contribution in [0.1, 0.15) is 17.9 Å². The second-order valence-electron chi connectivity index (χ2n) is 3.04. The normalized spacial score (nSPS) is 12.5. The van der Waals surface area contributed by atoms with E-state index in [-0.39, 0.29) is 5.92 Å². The maximum absolute atomic E-state index is 6.06. The van der Waals surface area contributed by atoms with Crippen LogP contribution >= 0.6 is 34.8 Å². The van der Waals surface area contributed by atoms with Crippen molar-refractivity contribution in [3.05, 3.63) is 46.5 Å². The van der Waals surface area contributed by atoms with Crippen LogP contribution in [0.4, 0.5) is 0 Å². The van der Waals surface area contributed by atoms with Gasteiger partial charge in [0.1, 0.15) is 0 Å². The number of allylic oxidation sites excluding steroid dienone is 1. The van der Waals surface area contributed by atoms with Crippen molar-refractivity contribution >= 4 is 34.8 Å². The molecular formula is C11H11Cl3. The van der Waals surface area contributed by atoms with Gasteiger partial charge in [-0.1, -0.05) is 35.3 Å². The van der Waals surface area contributed by atoms with Crippen molar-refractivity contribution in [2.24, 2.45) is 0 Å². The Balaban J connectivity index is 2.97. The van der Waals surface area contributed by atoms with E-state index < -0.39 is 0 Å². The Bertz CT molecular complexity index is 320. The lowest BCUT2D eigenvalue weighted by molar-refractivity contribution is 0.790. The molecule has 0 N–H and O–H groups in total. The Morgan fingerprint density at radius 3 is 2.57 bits per heavy atom. The van der Waals surface area contributed by atoms with Crippen LogP contribution in [0.5, 0.6) is 0 Å². The summed E-state index contributed by atoms with van der Waals surface area (Å²) in [7, 11) is 0. The van der Waals surface area contributed by atoms with Crippen LogP contribution in [0.15, 0.2) is 30.9 Å². The average Bonchev–Trinajstić information content (AvgIpc) is 2.15. The van der Waals surface area contributed by atoms with Gasteiger partial charge in [-0.3, -0.25) is 0 Å². The predicted molar refractivity (Wildman–Crippen MR) is 64.7 cm³/mol. The van der Waals surface area contributed by atoms with E-state index in [0.717, 1.165) is 12.0 Å². The average molecular weight is 250 g/mol. The van der Waals surface area contributed by atoms with Crippen LogP contribution in [0.3, 0.4) is 0 Å². The highest BCUT2D eigenvalue weighted by Crippen LogP contribution is 2.30. The summed E-state index contributed by atoms with van der Waals surface area (Å²) in [6.45, 7) is 3.69. The maximum atomic E-state index is 6.06. The summed E-state index contributed by atoms with van der Waals surface area (Å²) < 4.78 is 0. The fourth-order valence-electron chi connectivity index (χ4n) is 1.31. The SMILES string of the molecule is C=CCC(CCl)c1ccc(Cl)cc1Cl. The second kappa shape index (κ2) is 5.65. The maximum Gasteiger partial charge on any atom is 0.0456 e. The lowest BCUT2D eigenvalue weighted by Gasteiger charge is -2.13. The molecule has 1 atom stereocenters. The van der Waals surface area contributed by atoms with Crippen molar-refractivity contribution in [3.63, 3.8) is 0 Å². The first-order chi connectivity index (χ1) is 6.69. The zero-order chi connectivity index (χ0) is 10.6. The number of halogens is 3. The minimum Gasteiger partial charge on any atom is -0.126 e. The summed E-state index contributed by atoms with van der Waals surface area (Å²) in [4.78, 5) is 0. The van der Waals surface area contributed by atoms with Gasteiger partial charge in [-0.25, -0.2) is 0 Å². The molecular weight excluding hydrogens is 238 g/mol. The minimum atomic E-state index is 0.221. The van der Waals surface area contributed by atoms with Gasteiger partial charge in [0, 0.05) is 21.8 Å². The minimum absolute atomic E-state index is 0.221. The van der Waals surface area contributed by atoms with E-state index in [4.69, 9.17) is 34.8 Å². The summed E-state index contributed by atoms with van der Waals surface area (Å²) in [6, 6.07) is 5.48. The molecule has 1 rings (SSSR count). The molecule has 0 aliphatic rings. The fraction of sp³-hybridized carbons (Fsp3) is 0.273. The van der Waals surface area contributed by atoms with Crippen LogP contribution in [-0.4, -0.2) is 5.88 Å². The molecule has 0 nitrogen and oxygen atoms in total. The van der Waals surface area contributed by atoms with Gasteiger partial charge in [-0.15, -0.1) is 18.2 Å². The first-order valence-corrected chi connectivity index (χ1v) is 5.60. The lowest BCUT2D eigenvalue weighted by Crippen LogP contribution is -1.99. The highest BCUT2D eigenvalue weighted by molar-refractivity contribution is 6.35. The largest absolute Gasteiger partial charge is 0.126 e. The Kier molecular flexibility index (Phi) is 4.80. The molecule has 0 aromatic heterocycles. The molecule has 0 aliphatic carbocycles.